The first-order valence-electron chi connectivity index (χ1n) is 17.8. The zero-order valence-corrected chi connectivity index (χ0v) is 27.9. The Morgan fingerprint density at radius 2 is 1.73 bits per heavy atom. The second kappa shape index (κ2) is 14.4. The van der Waals surface area contributed by atoms with Crippen LogP contribution in [0.4, 0.5) is 0 Å². The molecule has 3 heteroatoms. The Balaban J connectivity index is 1.32. The summed E-state index contributed by atoms with van der Waals surface area (Å²) in [4.78, 5) is 4.79. The Bertz CT molecular complexity index is 806. The number of hydrogen-bond acceptors (Lipinski definition) is 3. The lowest BCUT2D eigenvalue weighted by atomic mass is 9.47. The van der Waals surface area contributed by atoms with Crippen LogP contribution in [0.2, 0.25) is 0 Å². The van der Waals surface area contributed by atoms with Gasteiger partial charge in [0, 0.05) is 6.54 Å². The number of hydrogen-bond donors (Lipinski definition) is 1. The van der Waals surface area contributed by atoms with E-state index in [1.54, 1.807) is 0 Å². The normalized spacial score (nSPS) is 36.5. The fourth-order valence-electron chi connectivity index (χ4n) is 10.7. The lowest BCUT2D eigenvalue weighted by molar-refractivity contribution is -0.0461. The third kappa shape index (κ3) is 7.21. The summed E-state index contributed by atoms with van der Waals surface area (Å²) in [6.45, 7) is 17.2. The van der Waals surface area contributed by atoms with E-state index in [1.807, 2.05) is 5.57 Å². The molecule has 4 aliphatic carbocycles. The summed E-state index contributed by atoms with van der Waals surface area (Å²) < 4.78 is 0. The van der Waals surface area contributed by atoms with Gasteiger partial charge in [-0.3, -0.25) is 0 Å². The topological polar surface area (TPSA) is 26.7 Å². The van der Waals surface area contributed by atoms with Crippen LogP contribution in [0.5, 0.6) is 0 Å². The highest BCUT2D eigenvalue weighted by atomic mass is 16.3. The Labute approximate surface area is 249 Å². The van der Waals surface area contributed by atoms with Crippen molar-refractivity contribution < 1.29 is 5.11 Å². The minimum Gasteiger partial charge on any atom is -0.395 e. The summed E-state index contributed by atoms with van der Waals surface area (Å²) in [5.74, 6) is 6.46. The Hall–Kier alpha value is -0.380. The highest BCUT2D eigenvalue weighted by Gasteiger charge is 2.58. The monoisotopic (exact) mass is 557 g/mol. The van der Waals surface area contributed by atoms with Crippen LogP contribution >= 0.6 is 0 Å². The predicted molar refractivity (Wildman–Crippen MR) is 172 cm³/mol. The summed E-state index contributed by atoms with van der Waals surface area (Å²) in [6.07, 6.45) is 22.6. The third-order valence-electron chi connectivity index (χ3n) is 13.3. The van der Waals surface area contributed by atoms with Crippen LogP contribution in [0.25, 0.3) is 0 Å². The van der Waals surface area contributed by atoms with E-state index in [-0.39, 0.29) is 6.61 Å². The SMILES string of the molecule is CCC(CCCC1CCC2C3CC=C4CC(CCN(CCO)CCCN(C)C)CCC4(C)C3CC[C@]12C)C(C)C. The first-order valence-corrected chi connectivity index (χ1v) is 17.8. The fourth-order valence-corrected chi connectivity index (χ4v) is 10.7. The van der Waals surface area contributed by atoms with Crippen LogP contribution in [-0.2, 0) is 0 Å². The van der Waals surface area contributed by atoms with Crippen molar-refractivity contribution in [3.05, 3.63) is 11.6 Å². The summed E-state index contributed by atoms with van der Waals surface area (Å²) >= 11 is 0. The van der Waals surface area contributed by atoms with Gasteiger partial charge >= 0.3 is 0 Å². The van der Waals surface area contributed by atoms with E-state index in [4.69, 9.17) is 0 Å². The Morgan fingerprint density at radius 1 is 0.925 bits per heavy atom. The maximum absolute atomic E-state index is 9.61. The van der Waals surface area contributed by atoms with Crippen molar-refractivity contribution in [2.45, 2.75) is 125 Å². The minimum atomic E-state index is 0.289. The van der Waals surface area contributed by atoms with Gasteiger partial charge in [0.05, 0.1) is 6.61 Å². The molecule has 0 saturated heterocycles. The highest BCUT2D eigenvalue weighted by molar-refractivity contribution is 5.25. The molecule has 3 fully saturated rings. The van der Waals surface area contributed by atoms with Crippen LogP contribution < -0.4 is 0 Å². The van der Waals surface area contributed by atoms with Gasteiger partial charge in [-0.25, -0.2) is 0 Å². The fraction of sp³-hybridized carbons (Fsp3) is 0.946. The predicted octanol–water partition coefficient (Wildman–Crippen LogP) is 8.67. The number of aliphatic hydroxyl groups excluding tert-OH is 1. The zero-order chi connectivity index (χ0) is 28.9. The smallest absolute Gasteiger partial charge is 0.0558 e. The molecule has 7 unspecified atom stereocenters. The molecule has 40 heavy (non-hydrogen) atoms. The van der Waals surface area contributed by atoms with Gasteiger partial charge in [0.25, 0.3) is 0 Å². The van der Waals surface area contributed by atoms with E-state index < -0.39 is 0 Å². The molecule has 4 rings (SSSR count). The molecule has 3 nitrogen and oxygen atoms in total. The first kappa shape index (κ1) is 32.5. The summed E-state index contributed by atoms with van der Waals surface area (Å²) in [5, 5.41) is 9.61. The van der Waals surface area contributed by atoms with Gasteiger partial charge in [0.2, 0.25) is 0 Å². The van der Waals surface area contributed by atoms with Gasteiger partial charge in [-0.1, -0.05) is 65.5 Å². The average Bonchev–Trinajstić information content (AvgIpc) is 3.25. The lowest BCUT2D eigenvalue weighted by Crippen LogP contribution is -2.50. The molecule has 0 aromatic carbocycles. The second-order valence-corrected chi connectivity index (χ2v) is 16.0. The molecule has 0 spiro atoms. The second-order valence-electron chi connectivity index (χ2n) is 16.0. The van der Waals surface area contributed by atoms with Crippen LogP contribution in [-0.4, -0.2) is 61.8 Å². The molecule has 0 bridgehead atoms. The van der Waals surface area contributed by atoms with E-state index in [0.29, 0.717) is 10.8 Å². The van der Waals surface area contributed by atoms with E-state index in [1.165, 1.54) is 89.9 Å². The molecule has 3 saturated carbocycles. The molecule has 0 amide bonds. The standard InChI is InChI=1S/C37H68N2O/c1-8-30(28(2)3)11-9-12-31-14-16-34-33-15-13-32-27-29(19-24-39(25-26-40)23-10-22-38(6)7)17-20-37(32,5)35(33)18-21-36(31,34)4/h13,28-31,33-35,40H,8-12,14-27H2,1-7H3/t29?,30?,31?,33?,34?,35?,36-,37?/m1/s1. The van der Waals surface area contributed by atoms with Crippen LogP contribution in [0.15, 0.2) is 11.6 Å². The van der Waals surface area contributed by atoms with Crippen molar-refractivity contribution in [3.63, 3.8) is 0 Å². The van der Waals surface area contributed by atoms with Crippen molar-refractivity contribution in [1.82, 2.24) is 9.80 Å². The van der Waals surface area contributed by atoms with Gasteiger partial charge in [-0.05, 0) is 157 Å². The molecule has 0 aromatic rings. The summed E-state index contributed by atoms with van der Waals surface area (Å²) in [6, 6.07) is 0. The van der Waals surface area contributed by atoms with Crippen molar-refractivity contribution in [1.29, 1.82) is 0 Å². The molecule has 0 aromatic heterocycles. The molecule has 0 heterocycles. The largest absolute Gasteiger partial charge is 0.395 e. The first-order chi connectivity index (χ1) is 19.1. The molecule has 8 atom stereocenters. The summed E-state index contributed by atoms with van der Waals surface area (Å²) in [5.41, 5.74) is 2.94. The summed E-state index contributed by atoms with van der Waals surface area (Å²) in [7, 11) is 4.32. The van der Waals surface area contributed by atoms with Crippen molar-refractivity contribution in [3.8, 4) is 0 Å². The van der Waals surface area contributed by atoms with E-state index in [2.05, 4.69) is 64.6 Å². The van der Waals surface area contributed by atoms with E-state index >= 15 is 0 Å². The van der Waals surface area contributed by atoms with Gasteiger partial charge in [0.15, 0.2) is 0 Å². The van der Waals surface area contributed by atoms with Crippen molar-refractivity contribution >= 4 is 0 Å². The van der Waals surface area contributed by atoms with Crippen molar-refractivity contribution in [2.75, 3.05) is 46.9 Å². The number of allylic oxidation sites excluding steroid dienone is 2. The average molecular weight is 557 g/mol. The number of fused-ring (bicyclic) bond motifs is 5. The molecular weight excluding hydrogens is 488 g/mol. The number of rotatable bonds is 15. The molecular formula is C37H68N2O. The van der Waals surface area contributed by atoms with Crippen LogP contribution in [0.1, 0.15) is 125 Å². The Morgan fingerprint density at radius 3 is 2.42 bits per heavy atom. The molecule has 232 valence electrons. The van der Waals surface area contributed by atoms with Gasteiger partial charge in [-0.2, -0.15) is 0 Å². The molecule has 4 aliphatic rings. The van der Waals surface area contributed by atoms with E-state index in [0.717, 1.165) is 67.6 Å². The number of nitrogens with zero attached hydrogens (tertiary/aromatic N) is 2. The molecule has 0 aliphatic heterocycles. The Kier molecular flexibility index (Phi) is 11.7. The highest BCUT2D eigenvalue weighted by Crippen LogP contribution is 2.67. The molecule has 0 radical (unpaired) electrons. The van der Waals surface area contributed by atoms with Gasteiger partial charge in [0.1, 0.15) is 0 Å². The molecule has 1 N–H and O–H groups in total. The quantitative estimate of drug-likeness (QED) is 0.204. The van der Waals surface area contributed by atoms with E-state index in [9.17, 15) is 5.11 Å². The van der Waals surface area contributed by atoms with Gasteiger partial charge < -0.3 is 14.9 Å². The maximum Gasteiger partial charge on any atom is 0.0558 e. The number of aliphatic hydroxyl groups is 1. The van der Waals surface area contributed by atoms with Gasteiger partial charge in [-0.15, -0.1) is 0 Å². The minimum absolute atomic E-state index is 0.289. The van der Waals surface area contributed by atoms with Crippen molar-refractivity contribution in [2.24, 2.45) is 52.3 Å². The van der Waals surface area contributed by atoms with Crippen LogP contribution in [0.3, 0.4) is 0 Å². The third-order valence-corrected chi connectivity index (χ3v) is 13.3. The lowest BCUT2D eigenvalue weighted by Gasteiger charge is -2.58. The van der Waals surface area contributed by atoms with Crippen LogP contribution in [0, 0.1) is 52.3 Å². The maximum atomic E-state index is 9.61. The zero-order valence-electron chi connectivity index (χ0n) is 27.9.